The molecule has 0 spiro atoms. The van der Waals surface area contributed by atoms with Gasteiger partial charge in [0.2, 0.25) is 5.91 Å². The molecule has 2 atom stereocenters. The van der Waals surface area contributed by atoms with Crippen LogP contribution in [0.4, 0.5) is 0 Å². The third kappa shape index (κ3) is 2.97. The number of piperidine rings is 1. The van der Waals surface area contributed by atoms with Crippen molar-refractivity contribution in [1.29, 1.82) is 0 Å². The fourth-order valence-electron chi connectivity index (χ4n) is 2.92. The molecule has 3 heteroatoms. The van der Waals surface area contributed by atoms with Crippen LogP contribution in [0.5, 0.6) is 0 Å². The van der Waals surface area contributed by atoms with Gasteiger partial charge in [-0.3, -0.25) is 4.79 Å². The van der Waals surface area contributed by atoms with Crippen molar-refractivity contribution in [3.05, 3.63) is 0 Å². The van der Waals surface area contributed by atoms with Crippen LogP contribution in [0.15, 0.2) is 0 Å². The minimum absolute atomic E-state index is 0.260. The first-order valence-corrected chi connectivity index (χ1v) is 6.78. The lowest BCUT2D eigenvalue weighted by molar-refractivity contribution is -0.127. The second-order valence-electron chi connectivity index (χ2n) is 5.40. The van der Waals surface area contributed by atoms with E-state index in [4.69, 9.17) is 0 Å². The standard InChI is InChI=1S/C13H24N2O/c1-10-4-2-3-5-12(10)15-13(16)11-6-8-14-9-7-11/h10-12,14H,2-9H2,1H3,(H,15,16). The van der Waals surface area contributed by atoms with E-state index in [0.717, 1.165) is 25.9 Å². The Morgan fingerprint density at radius 3 is 2.50 bits per heavy atom. The highest BCUT2D eigenvalue weighted by molar-refractivity contribution is 5.79. The highest BCUT2D eigenvalue weighted by Gasteiger charge is 2.27. The minimum atomic E-state index is 0.260. The van der Waals surface area contributed by atoms with Crippen LogP contribution in [-0.2, 0) is 4.79 Å². The SMILES string of the molecule is CC1CCCCC1NC(=O)C1CCNCC1. The summed E-state index contributed by atoms with van der Waals surface area (Å²) in [5.41, 5.74) is 0. The Balaban J connectivity index is 1.80. The number of hydrogen-bond acceptors (Lipinski definition) is 2. The second-order valence-corrected chi connectivity index (χ2v) is 5.40. The summed E-state index contributed by atoms with van der Waals surface area (Å²) in [5.74, 6) is 1.23. The van der Waals surface area contributed by atoms with Crippen LogP contribution >= 0.6 is 0 Å². The molecular formula is C13H24N2O. The van der Waals surface area contributed by atoms with Gasteiger partial charge < -0.3 is 10.6 Å². The Kier molecular flexibility index (Phi) is 4.22. The Hall–Kier alpha value is -0.570. The molecule has 1 saturated carbocycles. The van der Waals surface area contributed by atoms with Gasteiger partial charge in [-0.05, 0) is 44.7 Å². The summed E-state index contributed by atoms with van der Waals surface area (Å²) in [5, 5.41) is 6.57. The molecule has 0 radical (unpaired) electrons. The van der Waals surface area contributed by atoms with E-state index in [1.807, 2.05) is 0 Å². The predicted molar refractivity (Wildman–Crippen MR) is 65.2 cm³/mol. The van der Waals surface area contributed by atoms with Crippen molar-refractivity contribution in [3.63, 3.8) is 0 Å². The third-order valence-electron chi connectivity index (χ3n) is 4.15. The van der Waals surface area contributed by atoms with Crippen LogP contribution in [0.2, 0.25) is 0 Å². The van der Waals surface area contributed by atoms with Crippen LogP contribution < -0.4 is 10.6 Å². The van der Waals surface area contributed by atoms with Gasteiger partial charge in [-0.2, -0.15) is 0 Å². The van der Waals surface area contributed by atoms with E-state index in [9.17, 15) is 4.79 Å². The Bertz CT molecular complexity index is 236. The van der Waals surface area contributed by atoms with Gasteiger partial charge in [-0.25, -0.2) is 0 Å². The molecule has 1 amide bonds. The van der Waals surface area contributed by atoms with Crippen molar-refractivity contribution in [1.82, 2.24) is 10.6 Å². The molecule has 1 aliphatic heterocycles. The van der Waals surface area contributed by atoms with E-state index in [-0.39, 0.29) is 5.92 Å². The molecule has 2 unspecified atom stereocenters. The monoisotopic (exact) mass is 224 g/mol. The van der Waals surface area contributed by atoms with Crippen LogP contribution in [0.1, 0.15) is 45.4 Å². The molecule has 1 saturated heterocycles. The smallest absolute Gasteiger partial charge is 0.223 e. The molecule has 2 fully saturated rings. The average molecular weight is 224 g/mol. The lowest BCUT2D eigenvalue weighted by atomic mass is 9.85. The minimum Gasteiger partial charge on any atom is -0.353 e. The van der Waals surface area contributed by atoms with Gasteiger partial charge in [-0.15, -0.1) is 0 Å². The summed E-state index contributed by atoms with van der Waals surface area (Å²) in [6.45, 7) is 4.27. The summed E-state index contributed by atoms with van der Waals surface area (Å²) in [4.78, 5) is 12.1. The van der Waals surface area contributed by atoms with E-state index >= 15 is 0 Å². The first-order chi connectivity index (χ1) is 7.77. The molecule has 1 heterocycles. The zero-order valence-corrected chi connectivity index (χ0v) is 10.3. The average Bonchev–Trinajstić information content (AvgIpc) is 2.33. The maximum atomic E-state index is 12.1. The Morgan fingerprint density at radius 1 is 1.12 bits per heavy atom. The number of nitrogens with one attached hydrogen (secondary N) is 2. The van der Waals surface area contributed by atoms with Gasteiger partial charge in [0.25, 0.3) is 0 Å². The molecule has 16 heavy (non-hydrogen) atoms. The van der Waals surface area contributed by atoms with E-state index in [0.29, 0.717) is 17.9 Å². The molecule has 0 aromatic carbocycles. The van der Waals surface area contributed by atoms with Crippen molar-refractivity contribution in [2.45, 2.75) is 51.5 Å². The number of rotatable bonds is 2. The quantitative estimate of drug-likeness (QED) is 0.749. The fraction of sp³-hybridized carbons (Fsp3) is 0.923. The molecule has 0 aromatic heterocycles. The Labute approximate surface area is 98.4 Å². The molecule has 0 bridgehead atoms. The molecule has 3 nitrogen and oxygen atoms in total. The summed E-state index contributed by atoms with van der Waals surface area (Å²) in [7, 11) is 0. The van der Waals surface area contributed by atoms with E-state index in [2.05, 4.69) is 17.6 Å². The maximum absolute atomic E-state index is 12.1. The lowest BCUT2D eigenvalue weighted by Gasteiger charge is -2.31. The zero-order valence-electron chi connectivity index (χ0n) is 10.3. The topological polar surface area (TPSA) is 41.1 Å². The van der Waals surface area contributed by atoms with E-state index in [1.165, 1.54) is 25.7 Å². The third-order valence-corrected chi connectivity index (χ3v) is 4.15. The van der Waals surface area contributed by atoms with Crippen molar-refractivity contribution in [2.75, 3.05) is 13.1 Å². The van der Waals surface area contributed by atoms with Crippen LogP contribution in [-0.4, -0.2) is 25.0 Å². The first kappa shape index (κ1) is 11.9. The van der Waals surface area contributed by atoms with Gasteiger partial charge in [0.1, 0.15) is 0 Å². The molecule has 1 aliphatic carbocycles. The van der Waals surface area contributed by atoms with Gasteiger partial charge in [-0.1, -0.05) is 19.8 Å². The zero-order chi connectivity index (χ0) is 11.4. The van der Waals surface area contributed by atoms with Crippen molar-refractivity contribution in [2.24, 2.45) is 11.8 Å². The van der Waals surface area contributed by atoms with Crippen molar-refractivity contribution in [3.8, 4) is 0 Å². The highest BCUT2D eigenvalue weighted by atomic mass is 16.1. The number of hydrogen-bond donors (Lipinski definition) is 2. The maximum Gasteiger partial charge on any atom is 0.223 e. The molecule has 0 aromatic rings. The van der Waals surface area contributed by atoms with E-state index < -0.39 is 0 Å². The van der Waals surface area contributed by atoms with Crippen LogP contribution in [0.25, 0.3) is 0 Å². The highest BCUT2D eigenvalue weighted by Crippen LogP contribution is 2.24. The summed E-state index contributed by atoms with van der Waals surface area (Å²) < 4.78 is 0. The fourth-order valence-corrected chi connectivity index (χ4v) is 2.92. The van der Waals surface area contributed by atoms with Crippen LogP contribution in [0.3, 0.4) is 0 Å². The largest absolute Gasteiger partial charge is 0.353 e. The predicted octanol–water partition coefficient (Wildman–Crippen LogP) is 1.68. The van der Waals surface area contributed by atoms with Gasteiger partial charge in [0, 0.05) is 12.0 Å². The van der Waals surface area contributed by atoms with Crippen LogP contribution in [0, 0.1) is 11.8 Å². The van der Waals surface area contributed by atoms with Crippen molar-refractivity contribution >= 4 is 5.91 Å². The number of carbonyl (C=O) groups excluding carboxylic acids is 1. The summed E-state index contributed by atoms with van der Waals surface area (Å²) in [6, 6.07) is 0.441. The summed E-state index contributed by atoms with van der Waals surface area (Å²) >= 11 is 0. The molecule has 2 aliphatic rings. The van der Waals surface area contributed by atoms with Gasteiger partial charge in [0.15, 0.2) is 0 Å². The lowest BCUT2D eigenvalue weighted by Crippen LogP contribution is -2.46. The second kappa shape index (κ2) is 5.67. The van der Waals surface area contributed by atoms with Crippen molar-refractivity contribution < 1.29 is 4.79 Å². The number of amides is 1. The Morgan fingerprint density at radius 2 is 1.81 bits per heavy atom. The van der Waals surface area contributed by atoms with Gasteiger partial charge in [0.05, 0.1) is 0 Å². The molecule has 92 valence electrons. The molecule has 2 N–H and O–H groups in total. The van der Waals surface area contributed by atoms with Gasteiger partial charge >= 0.3 is 0 Å². The molecule has 2 rings (SSSR count). The van der Waals surface area contributed by atoms with E-state index in [1.54, 1.807) is 0 Å². The summed E-state index contributed by atoms with van der Waals surface area (Å²) in [6.07, 6.45) is 7.08. The first-order valence-electron chi connectivity index (χ1n) is 6.78. The number of carbonyl (C=O) groups is 1. The molecular weight excluding hydrogens is 200 g/mol. The normalized spacial score (nSPS) is 32.3.